The van der Waals surface area contributed by atoms with E-state index in [0.717, 1.165) is 11.1 Å². The molecule has 2 heterocycles. The molecule has 0 unspecified atom stereocenters. The lowest BCUT2D eigenvalue weighted by atomic mass is 9.77. The SMILES string of the molecule is Cc1cc(-c2nnc(NC3CC(C)(O)C3)o2)nc2c(C(C)(C)C)cc(OCC(F)(F)F)cc12. The van der Waals surface area contributed by atoms with Crippen LogP contribution in [-0.2, 0) is 5.41 Å². The number of hydrogen-bond acceptors (Lipinski definition) is 7. The first-order chi connectivity index (χ1) is 15.2. The number of hydrogen-bond donors (Lipinski definition) is 2. The van der Waals surface area contributed by atoms with Crippen molar-refractivity contribution in [1.29, 1.82) is 0 Å². The number of aliphatic hydroxyl groups is 1. The monoisotopic (exact) mass is 464 g/mol. The normalized spacial score (nSPS) is 21.2. The number of fused-ring (bicyclic) bond motifs is 1. The summed E-state index contributed by atoms with van der Waals surface area (Å²) in [6.45, 7) is 8.14. The second-order valence-electron chi connectivity index (χ2n) is 10.0. The van der Waals surface area contributed by atoms with Gasteiger partial charge in [-0.1, -0.05) is 25.9 Å². The quantitative estimate of drug-likeness (QED) is 0.539. The Morgan fingerprint density at radius 3 is 2.48 bits per heavy atom. The van der Waals surface area contributed by atoms with Crippen LogP contribution in [0.1, 0.15) is 51.7 Å². The lowest BCUT2D eigenvalue weighted by molar-refractivity contribution is -0.153. The van der Waals surface area contributed by atoms with Crippen molar-refractivity contribution in [2.75, 3.05) is 11.9 Å². The number of benzene rings is 1. The summed E-state index contributed by atoms with van der Waals surface area (Å²) in [6, 6.07) is 5.24. The summed E-state index contributed by atoms with van der Waals surface area (Å²) in [5, 5.41) is 21.8. The molecule has 2 aromatic heterocycles. The van der Waals surface area contributed by atoms with E-state index in [9.17, 15) is 18.3 Å². The van der Waals surface area contributed by atoms with Crippen molar-refractivity contribution in [2.24, 2.45) is 0 Å². The molecule has 1 fully saturated rings. The Morgan fingerprint density at radius 2 is 1.88 bits per heavy atom. The van der Waals surface area contributed by atoms with Crippen LogP contribution in [-0.4, -0.2) is 44.7 Å². The van der Waals surface area contributed by atoms with Crippen molar-refractivity contribution in [3.8, 4) is 17.3 Å². The third-order valence-electron chi connectivity index (χ3n) is 5.65. The van der Waals surface area contributed by atoms with Gasteiger partial charge in [0.1, 0.15) is 11.4 Å². The van der Waals surface area contributed by atoms with Gasteiger partial charge in [-0.25, -0.2) is 4.98 Å². The first-order valence-electron chi connectivity index (χ1n) is 10.7. The zero-order chi connectivity index (χ0) is 24.2. The van der Waals surface area contributed by atoms with E-state index in [1.165, 1.54) is 0 Å². The summed E-state index contributed by atoms with van der Waals surface area (Å²) in [5.41, 5.74) is 1.56. The van der Waals surface area contributed by atoms with Gasteiger partial charge in [-0.05, 0) is 61.4 Å². The molecule has 0 radical (unpaired) electrons. The van der Waals surface area contributed by atoms with Crippen molar-refractivity contribution in [1.82, 2.24) is 15.2 Å². The van der Waals surface area contributed by atoms with Gasteiger partial charge in [-0.3, -0.25) is 0 Å². The predicted octanol–water partition coefficient (Wildman–Crippen LogP) is 5.16. The van der Waals surface area contributed by atoms with Gasteiger partial charge in [-0.2, -0.15) is 13.2 Å². The van der Waals surface area contributed by atoms with Gasteiger partial charge in [0.05, 0.1) is 11.1 Å². The topological polar surface area (TPSA) is 93.3 Å². The number of nitrogens with one attached hydrogen (secondary N) is 1. The number of aromatic nitrogens is 3. The maximum atomic E-state index is 12.7. The molecule has 1 saturated carbocycles. The van der Waals surface area contributed by atoms with Crippen LogP contribution in [0.4, 0.5) is 19.2 Å². The van der Waals surface area contributed by atoms with E-state index in [1.54, 1.807) is 25.1 Å². The minimum absolute atomic E-state index is 0.0576. The maximum Gasteiger partial charge on any atom is 0.422 e. The molecule has 0 aliphatic heterocycles. The fourth-order valence-corrected chi connectivity index (χ4v) is 4.06. The zero-order valence-corrected chi connectivity index (χ0v) is 19.2. The summed E-state index contributed by atoms with van der Waals surface area (Å²) in [7, 11) is 0. The molecule has 0 amide bonds. The van der Waals surface area contributed by atoms with Crippen LogP contribution in [0, 0.1) is 6.92 Å². The molecule has 0 bridgehead atoms. The lowest BCUT2D eigenvalue weighted by Crippen LogP contribution is -2.48. The van der Waals surface area contributed by atoms with Crippen LogP contribution in [0.25, 0.3) is 22.5 Å². The Morgan fingerprint density at radius 1 is 1.18 bits per heavy atom. The lowest BCUT2D eigenvalue weighted by Gasteiger charge is -2.40. The molecular formula is C23H27F3N4O3. The highest BCUT2D eigenvalue weighted by Gasteiger charge is 2.39. The Balaban J connectivity index is 1.69. The van der Waals surface area contributed by atoms with E-state index in [1.807, 2.05) is 27.7 Å². The zero-order valence-electron chi connectivity index (χ0n) is 19.2. The van der Waals surface area contributed by atoms with E-state index >= 15 is 0 Å². The summed E-state index contributed by atoms with van der Waals surface area (Å²) in [5.74, 6) is 0.369. The van der Waals surface area contributed by atoms with Gasteiger partial charge < -0.3 is 19.6 Å². The summed E-state index contributed by atoms with van der Waals surface area (Å²) in [4.78, 5) is 4.73. The van der Waals surface area contributed by atoms with Gasteiger partial charge in [0.15, 0.2) is 6.61 Å². The molecule has 2 N–H and O–H groups in total. The van der Waals surface area contributed by atoms with E-state index in [4.69, 9.17) is 14.1 Å². The Hall–Kier alpha value is -2.88. The van der Waals surface area contributed by atoms with Crippen molar-refractivity contribution in [3.05, 3.63) is 29.3 Å². The minimum atomic E-state index is -4.42. The van der Waals surface area contributed by atoms with Gasteiger partial charge in [0.25, 0.3) is 5.89 Å². The maximum absolute atomic E-state index is 12.7. The van der Waals surface area contributed by atoms with Crippen LogP contribution < -0.4 is 10.1 Å². The van der Waals surface area contributed by atoms with Gasteiger partial charge in [0, 0.05) is 11.4 Å². The highest BCUT2D eigenvalue weighted by atomic mass is 19.4. The largest absolute Gasteiger partial charge is 0.484 e. The number of alkyl halides is 3. The predicted molar refractivity (Wildman–Crippen MR) is 117 cm³/mol. The number of nitrogens with zero attached hydrogens (tertiary/aromatic N) is 3. The summed E-state index contributed by atoms with van der Waals surface area (Å²) < 4.78 is 48.8. The Bertz CT molecular complexity index is 1170. The van der Waals surface area contributed by atoms with Gasteiger partial charge >= 0.3 is 12.2 Å². The van der Waals surface area contributed by atoms with Crippen LogP contribution in [0.2, 0.25) is 0 Å². The summed E-state index contributed by atoms with van der Waals surface area (Å²) in [6.07, 6.45) is -3.25. The molecule has 0 saturated heterocycles. The van der Waals surface area contributed by atoms with Crippen LogP contribution in [0.3, 0.4) is 0 Å². The van der Waals surface area contributed by atoms with E-state index in [-0.39, 0.29) is 23.7 Å². The first-order valence-corrected chi connectivity index (χ1v) is 10.7. The average Bonchev–Trinajstić information content (AvgIpc) is 3.12. The van der Waals surface area contributed by atoms with Gasteiger partial charge in [0.2, 0.25) is 0 Å². The van der Waals surface area contributed by atoms with Crippen molar-refractivity contribution in [2.45, 2.75) is 70.7 Å². The molecule has 1 aliphatic carbocycles. The van der Waals surface area contributed by atoms with Crippen molar-refractivity contribution < 1.29 is 27.4 Å². The molecule has 33 heavy (non-hydrogen) atoms. The van der Waals surface area contributed by atoms with Crippen LogP contribution >= 0.6 is 0 Å². The van der Waals surface area contributed by atoms with Crippen molar-refractivity contribution >= 4 is 16.9 Å². The number of halogens is 3. The third kappa shape index (κ3) is 5.21. The molecule has 3 aromatic rings. The molecule has 0 atom stereocenters. The molecule has 178 valence electrons. The molecule has 1 aromatic carbocycles. The molecule has 4 rings (SSSR count). The Kier molecular flexibility index (Phi) is 5.55. The number of ether oxygens (including phenoxy) is 1. The number of rotatable bonds is 5. The van der Waals surface area contributed by atoms with E-state index < -0.39 is 23.8 Å². The minimum Gasteiger partial charge on any atom is -0.484 e. The fourth-order valence-electron chi connectivity index (χ4n) is 4.06. The van der Waals surface area contributed by atoms with Crippen molar-refractivity contribution in [3.63, 3.8) is 0 Å². The average molecular weight is 464 g/mol. The number of aryl methyl sites for hydroxylation is 1. The third-order valence-corrected chi connectivity index (χ3v) is 5.65. The molecular weight excluding hydrogens is 437 g/mol. The van der Waals surface area contributed by atoms with E-state index in [2.05, 4.69) is 15.5 Å². The second kappa shape index (κ2) is 7.86. The molecule has 0 spiro atoms. The summed E-state index contributed by atoms with van der Waals surface area (Å²) >= 11 is 0. The molecule has 1 aliphatic rings. The van der Waals surface area contributed by atoms with Crippen LogP contribution in [0.15, 0.2) is 22.6 Å². The van der Waals surface area contributed by atoms with E-state index in [0.29, 0.717) is 29.4 Å². The second-order valence-corrected chi connectivity index (χ2v) is 10.0. The Labute approximate surface area is 189 Å². The standard InChI is InChI=1S/C23H27F3N4O3/c1-12-6-17(19-29-30-20(33-19)27-13-9-22(5,31)10-13)28-18-15(12)7-14(32-11-23(24,25)26)8-16(18)21(2,3)4/h6-8,13,31H,9-11H2,1-5H3,(H,27,30). The van der Waals surface area contributed by atoms with Crippen LogP contribution in [0.5, 0.6) is 5.75 Å². The number of pyridine rings is 1. The highest BCUT2D eigenvalue weighted by Crippen LogP contribution is 2.37. The number of anilines is 1. The smallest absolute Gasteiger partial charge is 0.422 e. The molecule has 10 heteroatoms. The van der Waals surface area contributed by atoms with Gasteiger partial charge in [-0.15, -0.1) is 5.10 Å². The highest BCUT2D eigenvalue weighted by molar-refractivity contribution is 5.89. The first kappa shape index (κ1) is 23.3. The fraction of sp³-hybridized carbons (Fsp3) is 0.522. The molecule has 7 nitrogen and oxygen atoms in total.